The molecule has 0 radical (unpaired) electrons. The Bertz CT molecular complexity index is 608. The molecule has 0 bridgehead atoms. The Morgan fingerprint density at radius 1 is 1.15 bits per heavy atom. The second-order valence-electron chi connectivity index (χ2n) is 5.43. The van der Waals surface area contributed by atoms with Gasteiger partial charge in [-0.1, -0.05) is 12.1 Å². The lowest BCUT2D eigenvalue weighted by atomic mass is 9.92. The molecular weight excluding hydrogens is 248 g/mol. The minimum absolute atomic E-state index is 0.0867. The topological polar surface area (TPSA) is 48.1 Å². The maximum absolute atomic E-state index is 5.96. The Hall–Kier alpha value is -1.87. The Morgan fingerprint density at radius 2 is 1.95 bits per heavy atom. The van der Waals surface area contributed by atoms with Gasteiger partial charge in [-0.05, 0) is 61.9 Å². The fraction of sp³-hybridized carbons (Fsp3) is 0.353. The van der Waals surface area contributed by atoms with E-state index in [1.807, 2.05) is 25.1 Å². The van der Waals surface area contributed by atoms with E-state index < -0.39 is 0 Å². The molecule has 2 aromatic rings. The zero-order valence-corrected chi connectivity index (χ0v) is 11.8. The van der Waals surface area contributed by atoms with Gasteiger partial charge in [0.1, 0.15) is 5.75 Å². The maximum Gasteiger partial charge on any atom is 0.223 e. The lowest BCUT2D eigenvalue weighted by Crippen LogP contribution is -2.08. The Morgan fingerprint density at radius 3 is 2.75 bits per heavy atom. The lowest BCUT2D eigenvalue weighted by Gasteiger charge is -2.17. The van der Waals surface area contributed by atoms with Crippen LogP contribution in [0.15, 0.2) is 36.5 Å². The van der Waals surface area contributed by atoms with E-state index in [-0.39, 0.29) is 6.04 Å². The highest BCUT2D eigenvalue weighted by atomic mass is 16.5. The molecule has 0 aliphatic heterocycles. The van der Waals surface area contributed by atoms with Gasteiger partial charge in [0.25, 0.3) is 0 Å². The summed E-state index contributed by atoms with van der Waals surface area (Å²) < 4.78 is 5.95. The molecule has 1 heterocycles. The molecule has 1 aliphatic rings. The Labute approximate surface area is 119 Å². The molecule has 20 heavy (non-hydrogen) atoms. The molecule has 0 saturated heterocycles. The summed E-state index contributed by atoms with van der Waals surface area (Å²) in [6.07, 6.45) is 6.63. The van der Waals surface area contributed by atoms with E-state index in [1.54, 1.807) is 6.20 Å². The van der Waals surface area contributed by atoms with Gasteiger partial charge in [-0.3, -0.25) is 0 Å². The summed E-state index contributed by atoms with van der Waals surface area (Å²) in [5.74, 6) is 1.46. The average Bonchev–Trinajstić information content (AvgIpc) is 2.47. The van der Waals surface area contributed by atoms with Gasteiger partial charge in [-0.15, -0.1) is 0 Å². The van der Waals surface area contributed by atoms with Crippen molar-refractivity contribution in [2.24, 2.45) is 5.73 Å². The standard InChI is InChI=1S/C17H20N2O/c1-12(18)16-7-4-10-19-17(16)20-15-9-8-13-5-2-3-6-14(13)11-15/h4,7-12H,2-3,5-6,18H2,1H3. The van der Waals surface area contributed by atoms with Crippen LogP contribution in [0.2, 0.25) is 0 Å². The van der Waals surface area contributed by atoms with Crippen molar-refractivity contribution in [2.45, 2.75) is 38.6 Å². The molecule has 1 aromatic heterocycles. The van der Waals surface area contributed by atoms with Gasteiger partial charge in [0.15, 0.2) is 0 Å². The highest BCUT2D eigenvalue weighted by Gasteiger charge is 2.13. The summed E-state index contributed by atoms with van der Waals surface area (Å²) >= 11 is 0. The number of hydrogen-bond acceptors (Lipinski definition) is 3. The normalized spacial score (nSPS) is 15.5. The number of ether oxygens (including phenoxy) is 1. The quantitative estimate of drug-likeness (QED) is 0.921. The van der Waals surface area contributed by atoms with Crippen molar-refractivity contribution in [1.29, 1.82) is 0 Å². The molecule has 0 fully saturated rings. The predicted molar refractivity (Wildman–Crippen MR) is 80.0 cm³/mol. The number of nitrogens with two attached hydrogens (primary N) is 1. The van der Waals surface area contributed by atoms with Crippen LogP contribution in [0.4, 0.5) is 0 Å². The van der Waals surface area contributed by atoms with Gasteiger partial charge in [0.05, 0.1) is 0 Å². The summed E-state index contributed by atoms with van der Waals surface area (Å²) in [4.78, 5) is 4.31. The van der Waals surface area contributed by atoms with Crippen LogP contribution in [0.5, 0.6) is 11.6 Å². The van der Waals surface area contributed by atoms with Gasteiger partial charge in [-0.2, -0.15) is 0 Å². The molecule has 3 rings (SSSR count). The monoisotopic (exact) mass is 268 g/mol. The van der Waals surface area contributed by atoms with Crippen molar-refractivity contribution in [2.75, 3.05) is 0 Å². The molecule has 2 N–H and O–H groups in total. The first-order valence-corrected chi connectivity index (χ1v) is 7.24. The van der Waals surface area contributed by atoms with E-state index in [2.05, 4.69) is 17.1 Å². The highest BCUT2D eigenvalue weighted by molar-refractivity contribution is 5.40. The van der Waals surface area contributed by atoms with E-state index in [1.165, 1.54) is 30.4 Å². The van der Waals surface area contributed by atoms with Crippen molar-refractivity contribution >= 4 is 0 Å². The van der Waals surface area contributed by atoms with Crippen molar-refractivity contribution in [3.8, 4) is 11.6 Å². The third-order valence-electron chi connectivity index (χ3n) is 3.83. The van der Waals surface area contributed by atoms with Crippen LogP contribution in [0.3, 0.4) is 0 Å². The Kier molecular flexibility index (Phi) is 3.70. The average molecular weight is 268 g/mol. The first-order chi connectivity index (χ1) is 9.74. The number of benzene rings is 1. The van der Waals surface area contributed by atoms with Crippen LogP contribution >= 0.6 is 0 Å². The van der Waals surface area contributed by atoms with E-state index >= 15 is 0 Å². The second kappa shape index (κ2) is 5.63. The number of aromatic nitrogens is 1. The van der Waals surface area contributed by atoms with E-state index in [4.69, 9.17) is 10.5 Å². The molecule has 0 saturated carbocycles. The predicted octanol–water partition coefficient (Wildman–Crippen LogP) is 3.77. The molecule has 1 atom stereocenters. The highest BCUT2D eigenvalue weighted by Crippen LogP contribution is 2.30. The van der Waals surface area contributed by atoms with Gasteiger partial charge in [0, 0.05) is 17.8 Å². The largest absolute Gasteiger partial charge is 0.439 e. The minimum atomic E-state index is -0.0867. The van der Waals surface area contributed by atoms with Crippen molar-refractivity contribution in [3.63, 3.8) is 0 Å². The van der Waals surface area contributed by atoms with Crippen LogP contribution in [0.1, 0.15) is 42.5 Å². The zero-order chi connectivity index (χ0) is 13.9. The molecule has 1 aliphatic carbocycles. The molecule has 1 aromatic carbocycles. The lowest BCUT2D eigenvalue weighted by molar-refractivity contribution is 0.450. The summed E-state index contributed by atoms with van der Waals surface area (Å²) in [6, 6.07) is 10.1. The van der Waals surface area contributed by atoms with Crippen LogP contribution in [-0.2, 0) is 12.8 Å². The fourth-order valence-electron chi connectivity index (χ4n) is 2.72. The summed E-state index contributed by atoms with van der Waals surface area (Å²) in [6.45, 7) is 1.94. The third-order valence-corrected chi connectivity index (χ3v) is 3.83. The van der Waals surface area contributed by atoms with Crippen molar-refractivity contribution in [3.05, 3.63) is 53.2 Å². The zero-order valence-electron chi connectivity index (χ0n) is 11.8. The van der Waals surface area contributed by atoms with E-state index in [0.717, 1.165) is 17.7 Å². The first-order valence-electron chi connectivity index (χ1n) is 7.24. The van der Waals surface area contributed by atoms with Crippen LogP contribution in [0, 0.1) is 0 Å². The third kappa shape index (κ3) is 2.68. The van der Waals surface area contributed by atoms with Gasteiger partial charge >= 0.3 is 0 Å². The van der Waals surface area contributed by atoms with Crippen molar-refractivity contribution in [1.82, 2.24) is 4.98 Å². The van der Waals surface area contributed by atoms with Gasteiger partial charge in [-0.25, -0.2) is 4.98 Å². The summed E-state index contributed by atoms with van der Waals surface area (Å²) in [7, 11) is 0. The number of hydrogen-bond donors (Lipinski definition) is 1. The number of fused-ring (bicyclic) bond motifs is 1. The molecule has 104 valence electrons. The Balaban J connectivity index is 1.88. The molecule has 3 heteroatoms. The summed E-state index contributed by atoms with van der Waals surface area (Å²) in [5.41, 5.74) is 9.76. The molecular formula is C17H20N2O. The second-order valence-corrected chi connectivity index (χ2v) is 5.43. The van der Waals surface area contributed by atoms with E-state index in [0.29, 0.717) is 5.88 Å². The SMILES string of the molecule is CC(N)c1cccnc1Oc1ccc2c(c1)CCCC2. The molecule has 0 amide bonds. The van der Waals surface area contributed by atoms with Crippen LogP contribution < -0.4 is 10.5 Å². The maximum atomic E-state index is 5.96. The van der Waals surface area contributed by atoms with Gasteiger partial charge in [0.2, 0.25) is 5.88 Å². The number of nitrogens with zero attached hydrogens (tertiary/aromatic N) is 1. The van der Waals surface area contributed by atoms with E-state index in [9.17, 15) is 0 Å². The summed E-state index contributed by atoms with van der Waals surface area (Å²) in [5, 5.41) is 0. The first kappa shape index (κ1) is 13.1. The molecule has 3 nitrogen and oxygen atoms in total. The number of rotatable bonds is 3. The van der Waals surface area contributed by atoms with Crippen LogP contribution in [0.25, 0.3) is 0 Å². The molecule has 0 spiro atoms. The molecule has 1 unspecified atom stereocenters. The van der Waals surface area contributed by atoms with Crippen LogP contribution in [-0.4, -0.2) is 4.98 Å². The fourth-order valence-corrected chi connectivity index (χ4v) is 2.72. The smallest absolute Gasteiger partial charge is 0.223 e. The minimum Gasteiger partial charge on any atom is -0.439 e. The number of aryl methyl sites for hydroxylation is 2. The van der Waals surface area contributed by atoms with Crippen molar-refractivity contribution < 1.29 is 4.74 Å². The van der Waals surface area contributed by atoms with Gasteiger partial charge < -0.3 is 10.5 Å². The number of pyridine rings is 1.